The molecule has 2 aromatic rings. The van der Waals surface area contributed by atoms with Crippen LogP contribution in [0.1, 0.15) is 31.4 Å². The Kier molecular flexibility index (Phi) is 8.02. The van der Waals surface area contributed by atoms with Crippen molar-refractivity contribution in [3.05, 3.63) is 65.7 Å². The van der Waals surface area contributed by atoms with Crippen LogP contribution in [0.3, 0.4) is 0 Å². The van der Waals surface area contributed by atoms with Gasteiger partial charge < -0.3 is 20.3 Å². The Balaban J connectivity index is 1.56. The second-order valence-electron chi connectivity index (χ2n) is 7.38. The van der Waals surface area contributed by atoms with E-state index in [-0.39, 0.29) is 17.7 Å². The Morgan fingerprint density at radius 3 is 2.50 bits per heavy atom. The summed E-state index contributed by atoms with van der Waals surface area (Å²) in [6, 6.07) is 13.3. The molecule has 0 radical (unpaired) electrons. The van der Waals surface area contributed by atoms with E-state index in [1.54, 1.807) is 31.4 Å². The van der Waals surface area contributed by atoms with E-state index in [1.165, 1.54) is 18.2 Å². The number of hydrogen-bond donors (Lipinski definition) is 2. The molecule has 0 bridgehead atoms. The molecule has 7 heteroatoms. The van der Waals surface area contributed by atoms with E-state index in [4.69, 9.17) is 4.74 Å². The number of methoxy groups -OCH3 is 1. The standard InChI is InChI=1S/C23H30F2N4O/c1-3-26-23(27-16-22(30-2)17-7-9-18(24)10-8-17)28-20-11-13-29(14-12-20)21-6-4-5-19(25)15-21/h4-10,15,20,22H,3,11-14,16H2,1-2H3,(H2,26,27,28). The minimum absolute atomic E-state index is 0.205. The van der Waals surface area contributed by atoms with E-state index in [1.807, 2.05) is 13.0 Å². The molecular weight excluding hydrogens is 386 g/mol. The summed E-state index contributed by atoms with van der Waals surface area (Å²) in [5.74, 6) is 0.269. The third-order valence-electron chi connectivity index (χ3n) is 5.29. The molecule has 1 aliphatic heterocycles. The molecule has 0 aromatic heterocycles. The molecule has 0 aliphatic carbocycles. The van der Waals surface area contributed by atoms with Gasteiger partial charge in [-0.3, -0.25) is 4.99 Å². The Hall–Kier alpha value is -2.67. The molecule has 30 heavy (non-hydrogen) atoms. The smallest absolute Gasteiger partial charge is 0.191 e. The first kappa shape index (κ1) is 22.0. The van der Waals surface area contributed by atoms with Crippen molar-refractivity contribution in [2.45, 2.75) is 31.9 Å². The molecule has 1 atom stereocenters. The number of aliphatic imine (C=N–C) groups is 1. The number of halogens is 2. The van der Waals surface area contributed by atoms with Crippen molar-refractivity contribution in [3.63, 3.8) is 0 Å². The maximum absolute atomic E-state index is 13.5. The average Bonchev–Trinajstić information content (AvgIpc) is 2.76. The van der Waals surface area contributed by atoms with Gasteiger partial charge in [0.2, 0.25) is 0 Å². The molecular formula is C23H30F2N4O. The van der Waals surface area contributed by atoms with Crippen molar-refractivity contribution in [1.29, 1.82) is 0 Å². The first-order chi connectivity index (χ1) is 14.6. The number of hydrogen-bond acceptors (Lipinski definition) is 3. The fourth-order valence-electron chi connectivity index (χ4n) is 3.64. The van der Waals surface area contributed by atoms with E-state index < -0.39 is 0 Å². The highest BCUT2D eigenvalue weighted by molar-refractivity contribution is 5.80. The molecule has 1 fully saturated rings. The van der Waals surface area contributed by atoms with Gasteiger partial charge in [-0.1, -0.05) is 18.2 Å². The molecule has 1 unspecified atom stereocenters. The molecule has 1 heterocycles. The van der Waals surface area contributed by atoms with Crippen molar-refractivity contribution in [3.8, 4) is 0 Å². The highest BCUT2D eigenvalue weighted by Crippen LogP contribution is 2.21. The molecule has 2 aromatic carbocycles. The molecule has 0 spiro atoms. The lowest BCUT2D eigenvalue weighted by atomic mass is 10.0. The Labute approximate surface area is 177 Å². The maximum atomic E-state index is 13.5. The second-order valence-corrected chi connectivity index (χ2v) is 7.38. The number of benzene rings is 2. The fourth-order valence-corrected chi connectivity index (χ4v) is 3.64. The summed E-state index contributed by atoms with van der Waals surface area (Å²) in [4.78, 5) is 6.89. The van der Waals surface area contributed by atoms with E-state index in [9.17, 15) is 8.78 Å². The van der Waals surface area contributed by atoms with E-state index in [0.29, 0.717) is 12.6 Å². The average molecular weight is 417 g/mol. The molecule has 0 amide bonds. The molecule has 162 valence electrons. The van der Waals surface area contributed by atoms with Gasteiger partial charge in [0.15, 0.2) is 5.96 Å². The number of nitrogens with zero attached hydrogens (tertiary/aromatic N) is 2. The van der Waals surface area contributed by atoms with Gasteiger partial charge in [0.1, 0.15) is 17.7 Å². The van der Waals surface area contributed by atoms with Crippen LogP contribution in [0, 0.1) is 11.6 Å². The lowest BCUT2D eigenvalue weighted by Gasteiger charge is -2.34. The van der Waals surface area contributed by atoms with Crippen LogP contribution < -0.4 is 15.5 Å². The lowest BCUT2D eigenvalue weighted by Crippen LogP contribution is -2.49. The normalized spacial score (nSPS) is 16.4. The molecule has 1 aliphatic rings. The summed E-state index contributed by atoms with van der Waals surface area (Å²) >= 11 is 0. The highest BCUT2D eigenvalue weighted by atomic mass is 19.1. The molecule has 5 nitrogen and oxygen atoms in total. The zero-order chi connectivity index (χ0) is 21.3. The second kappa shape index (κ2) is 10.9. The number of ether oxygens (including phenoxy) is 1. The number of guanidine groups is 1. The van der Waals surface area contributed by atoms with Gasteiger partial charge in [0.25, 0.3) is 0 Å². The number of piperidine rings is 1. The van der Waals surface area contributed by atoms with Gasteiger partial charge in [0.05, 0.1) is 6.54 Å². The van der Waals surface area contributed by atoms with Crippen LogP contribution in [-0.4, -0.2) is 45.3 Å². The van der Waals surface area contributed by atoms with Crippen LogP contribution in [0.4, 0.5) is 14.5 Å². The van der Waals surface area contributed by atoms with Gasteiger partial charge in [-0.05, 0) is 55.7 Å². The SMILES string of the molecule is CCNC(=NCC(OC)c1ccc(F)cc1)NC1CCN(c2cccc(F)c2)CC1. The van der Waals surface area contributed by atoms with Crippen molar-refractivity contribution < 1.29 is 13.5 Å². The maximum Gasteiger partial charge on any atom is 0.191 e. The molecule has 2 N–H and O–H groups in total. The zero-order valence-corrected chi connectivity index (χ0v) is 17.6. The summed E-state index contributed by atoms with van der Waals surface area (Å²) in [6.07, 6.45) is 1.63. The zero-order valence-electron chi connectivity index (χ0n) is 17.6. The van der Waals surface area contributed by atoms with E-state index in [0.717, 1.165) is 49.7 Å². The van der Waals surface area contributed by atoms with Gasteiger partial charge in [-0.25, -0.2) is 8.78 Å². The molecule has 0 saturated carbocycles. The third-order valence-corrected chi connectivity index (χ3v) is 5.29. The van der Waals surface area contributed by atoms with Gasteiger partial charge >= 0.3 is 0 Å². The topological polar surface area (TPSA) is 48.9 Å². The monoisotopic (exact) mass is 416 g/mol. The lowest BCUT2D eigenvalue weighted by molar-refractivity contribution is 0.111. The number of nitrogens with one attached hydrogen (secondary N) is 2. The third kappa shape index (κ3) is 6.16. The predicted octanol–water partition coefficient (Wildman–Crippen LogP) is 3.88. The largest absolute Gasteiger partial charge is 0.375 e. The van der Waals surface area contributed by atoms with Crippen molar-refractivity contribution in [2.75, 3.05) is 38.2 Å². The first-order valence-electron chi connectivity index (χ1n) is 10.4. The summed E-state index contributed by atoms with van der Waals surface area (Å²) in [7, 11) is 1.63. The highest BCUT2D eigenvalue weighted by Gasteiger charge is 2.21. The summed E-state index contributed by atoms with van der Waals surface area (Å²) in [5.41, 5.74) is 1.82. The summed E-state index contributed by atoms with van der Waals surface area (Å²) in [5, 5.41) is 6.78. The van der Waals surface area contributed by atoms with E-state index >= 15 is 0 Å². The van der Waals surface area contributed by atoms with Crippen molar-refractivity contribution in [1.82, 2.24) is 10.6 Å². The van der Waals surface area contributed by atoms with Gasteiger partial charge in [-0.2, -0.15) is 0 Å². The van der Waals surface area contributed by atoms with Crippen LogP contribution in [0.25, 0.3) is 0 Å². The van der Waals surface area contributed by atoms with Gasteiger partial charge in [0, 0.05) is 38.5 Å². The van der Waals surface area contributed by atoms with Crippen molar-refractivity contribution in [2.24, 2.45) is 4.99 Å². The van der Waals surface area contributed by atoms with Crippen LogP contribution >= 0.6 is 0 Å². The fraction of sp³-hybridized carbons (Fsp3) is 0.435. The minimum atomic E-state index is -0.267. The molecule has 3 rings (SSSR count). The van der Waals surface area contributed by atoms with Crippen LogP contribution in [-0.2, 0) is 4.74 Å². The first-order valence-corrected chi connectivity index (χ1v) is 10.4. The Morgan fingerprint density at radius 2 is 1.87 bits per heavy atom. The summed E-state index contributed by atoms with van der Waals surface area (Å²) < 4.78 is 32.2. The Bertz CT molecular complexity index is 820. The van der Waals surface area contributed by atoms with Crippen LogP contribution in [0.5, 0.6) is 0 Å². The quantitative estimate of drug-likeness (QED) is 0.531. The van der Waals surface area contributed by atoms with E-state index in [2.05, 4.69) is 20.5 Å². The van der Waals surface area contributed by atoms with Crippen LogP contribution in [0.15, 0.2) is 53.5 Å². The molecule has 1 saturated heterocycles. The van der Waals surface area contributed by atoms with Gasteiger partial charge in [-0.15, -0.1) is 0 Å². The number of rotatable bonds is 7. The minimum Gasteiger partial charge on any atom is -0.375 e. The van der Waals surface area contributed by atoms with Crippen LogP contribution in [0.2, 0.25) is 0 Å². The predicted molar refractivity (Wildman–Crippen MR) is 117 cm³/mol. The van der Waals surface area contributed by atoms with Crippen molar-refractivity contribution >= 4 is 11.6 Å². The summed E-state index contributed by atoms with van der Waals surface area (Å²) in [6.45, 7) is 4.92. The number of anilines is 1. The Morgan fingerprint density at radius 1 is 1.13 bits per heavy atom.